The highest BCUT2D eigenvalue weighted by Crippen LogP contribution is 2.30. The average molecular weight is 375 g/mol. The van der Waals surface area contributed by atoms with Crippen molar-refractivity contribution >= 4 is 11.6 Å². The Hall–Kier alpha value is -3.29. The molecule has 3 aromatic rings. The Morgan fingerprint density at radius 3 is 2.59 bits per heavy atom. The van der Waals surface area contributed by atoms with Crippen LogP contribution in [0.15, 0.2) is 60.8 Å². The molecule has 1 amide bonds. The van der Waals surface area contributed by atoms with Crippen LogP contribution in [0.1, 0.15) is 21.5 Å². The number of para-hydroxylation sites is 1. The lowest BCUT2D eigenvalue weighted by molar-refractivity contribution is -0.137. The molecule has 0 bridgehead atoms. The second-order valence-electron chi connectivity index (χ2n) is 5.83. The summed E-state index contributed by atoms with van der Waals surface area (Å²) in [6.07, 6.45) is -2.94. The van der Waals surface area contributed by atoms with Gasteiger partial charge in [-0.05, 0) is 29.8 Å². The number of carbonyl (C=O) groups excluding carboxylic acids is 1. The van der Waals surface area contributed by atoms with Gasteiger partial charge in [-0.3, -0.25) is 9.48 Å². The van der Waals surface area contributed by atoms with Crippen LogP contribution >= 0.6 is 0 Å². The Morgan fingerprint density at radius 2 is 1.89 bits per heavy atom. The van der Waals surface area contributed by atoms with Crippen LogP contribution in [0.2, 0.25) is 0 Å². The second-order valence-corrected chi connectivity index (χ2v) is 5.83. The monoisotopic (exact) mass is 375 g/mol. The molecule has 3 rings (SSSR count). The number of amides is 1. The molecule has 0 saturated heterocycles. The third-order valence-corrected chi connectivity index (χ3v) is 3.70. The van der Waals surface area contributed by atoms with E-state index in [2.05, 4.69) is 10.4 Å². The van der Waals surface area contributed by atoms with Gasteiger partial charge in [-0.15, -0.1) is 5.10 Å². The molecule has 1 aromatic heterocycles. The van der Waals surface area contributed by atoms with Gasteiger partial charge in [-0.25, -0.2) is 0 Å². The number of rotatable bonds is 5. The summed E-state index contributed by atoms with van der Waals surface area (Å²) in [5.41, 5.74) is 0.361. The van der Waals surface area contributed by atoms with E-state index in [1.807, 2.05) is 6.07 Å². The second kappa shape index (κ2) is 7.53. The molecule has 0 aliphatic carbocycles. The first-order chi connectivity index (χ1) is 12.8. The van der Waals surface area contributed by atoms with E-state index in [4.69, 9.17) is 4.74 Å². The lowest BCUT2D eigenvalue weighted by atomic mass is 10.1. The summed E-state index contributed by atoms with van der Waals surface area (Å²) in [5, 5.41) is 6.79. The first-order valence-electron chi connectivity index (χ1n) is 8.02. The Bertz CT molecular complexity index is 937. The number of halogens is 3. The molecule has 0 aliphatic heterocycles. The van der Waals surface area contributed by atoms with Gasteiger partial charge in [0.25, 0.3) is 5.91 Å². The van der Waals surface area contributed by atoms with E-state index < -0.39 is 17.6 Å². The van der Waals surface area contributed by atoms with E-state index in [-0.39, 0.29) is 18.1 Å². The number of benzene rings is 2. The van der Waals surface area contributed by atoms with E-state index in [0.29, 0.717) is 11.3 Å². The number of carbonyl (C=O) groups is 1. The summed E-state index contributed by atoms with van der Waals surface area (Å²) in [5.74, 6) is -0.378. The van der Waals surface area contributed by atoms with Crippen molar-refractivity contribution < 1.29 is 22.7 Å². The summed E-state index contributed by atoms with van der Waals surface area (Å²) in [6, 6.07) is 13.7. The Morgan fingerprint density at radius 1 is 1.15 bits per heavy atom. The predicted octanol–water partition coefficient (Wildman–Crippen LogP) is 4.27. The standard InChI is InChI=1S/C19H16F3N3O2/c1-25-11-16(17(26)23-15-8-3-2-4-9-15)18(24-25)27-12-13-6-5-7-14(10-13)19(20,21)22/h2-11H,12H2,1H3,(H,23,26). The Balaban J connectivity index is 1.74. The van der Waals surface area contributed by atoms with Crippen molar-refractivity contribution in [3.63, 3.8) is 0 Å². The van der Waals surface area contributed by atoms with Crippen LogP contribution in [-0.2, 0) is 19.8 Å². The van der Waals surface area contributed by atoms with Crippen LogP contribution in [-0.4, -0.2) is 15.7 Å². The molecule has 0 atom stereocenters. The number of ether oxygens (including phenoxy) is 1. The van der Waals surface area contributed by atoms with E-state index in [0.717, 1.165) is 12.1 Å². The summed E-state index contributed by atoms with van der Waals surface area (Å²) in [6.45, 7) is -0.146. The zero-order valence-corrected chi connectivity index (χ0v) is 14.3. The summed E-state index contributed by atoms with van der Waals surface area (Å²) >= 11 is 0. The molecular formula is C19H16F3N3O2. The van der Waals surface area contributed by atoms with Gasteiger partial charge in [-0.1, -0.05) is 30.3 Å². The lowest BCUT2D eigenvalue weighted by Gasteiger charge is -2.10. The van der Waals surface area contributed by atoms with Crippen molar-refractivity contribution in [2.24, 2.45) is 7.05 Å². The summed E-state index contributed by atoms with van der Waals surface area (Å²) < 4.78 is 45.3. The van der Waals surface area contributed by atoms with E-state index >= 15 is 0 Å². The maximum Gasteiger partial charge on any atom is 0.416 e. The number of alkyl halides is 3. The van der Waals surface area contributed by atoms with E-state index in [1.165, 1.54) is 23.0 Å². The molecule has 5 nitrogen and oxygen atoms in total. The molecule has 0 spiro atoms. The average Bonchev–Trinajstić information content (AvgIpc) is 3.01. The number of aryl methyl sites for hydroxylation is 1. The van der Waals surface area contributed by atoms with Crippen molar-refractivity contribution in [3.8, 4) is 5.88 Å². The van der Waals surface area contributed by atoms with Gasteiger partial charge in [0.2, 0.25) is 5.88 Å². The molecule has 0 aliphatic rings. The summed E-state index contributed by atoms with van der Waals surface area (Å²) in [7, 11) is 1.62. The van der Waals surface area contributed by atoms with E-state index in [1.54, 1.807) is 31.3 Å². The number of aromatic nitrogens is 2. The van der Waals surface area contributed by atoms with Gasteiger partial charge in [0.1, 0.15) is 12.2 Å². The topological polar surface area (TPSA) is 56.2 Å². The Labute approximate surface area is 153 Å². The normalized spacial score (nSPS) is 11.3. The third-order valence-electron chi connectivity index (χ3n) is 3.70. The number of anilines is 1. The largest absolute Gasteiger partial charge is 0.471 e. The SMILES string of the molecule is Cn1cc(C(=O)Nc2ccccc2)c(OCc2cccc(C(F)(F)F)c2)n1. The zero-order valence-electron chi connectivity index (χ0n) is 14.3. The molecule has 27 heavy (non-hydrogen) atoms. The zero-order chi connectivity index (χ0) is 19.4. The molecule has 1 heterocycles. The fourth-order valence-corrected chi connectivity index (χ4v) is 2.44. The maximum absolute atomic E-state index is 12.8. The van der Waals surface area contributed by atoms with Crippen LogP contribution in [0.5, 0.6) is 5.88 Å². The fourth-order valence-electron chi connectivity index (χ4n) is 2.44. The van der Waals surface area contributed by atoms with Crippen molar-refractivity contribution in [1.82, 2.24) is 9.78 Å². The van der Waals surface area contributed by atoms with Gasteiger partial charge in [-0.2, -0.15) is 13.2 Å². The number of nitrogens with zero attached hydrogens (tertiary/aromatic N) is 2. The van der Waals surface area contributed by atoms with Gasteiger partial charge < -0.3 is 10.1 Å². The summed E-state index contributed by atoms with van der Waals surface area (Å²) in [4.78, 5) is 12.5. The molecule has 140 valence electrons. The van der Waals surface area contributed by atoms with Crippen LogP contribution in [0, 0.1) is 0 Å². The smallest absolute Gasteiger partial charge is 0.416 e. The first-order valence-corrected chi connectivity index (χ1v) is 8.02. The van der Waals surface area contributed by atoms with Gasteiger partial charge in [0, 0.05) is 18.9 Å². The Kier molecular flexibility index (Phi) is 5.16. The van der Waals surface area contributed by atoms with Crippen LogP contribution < -0.4 is 10.1 Å². The molecule has 0 unspecified atom stereocenters. The maximum atomic E-state index is 12.8. The van der Waals surface area contributed by atoms with Crippen molar-refractivity contribution in [2.75, 3.05) is 5.32 Å². The van der Waals surface area contributed by atoms with E-state index in [9.17, 15) is 18.0 Å². The predicted molar refractivity (Wildman–Crippen MR) is 93.4 cm³/mol. The fraction of sp³-hybridized carbons (Fsp3) is 0.158. The minimum atomic E-state index is -4.43. The highest BCUT2D eigenvalue weighted by molar-refractivity contribution is 6.05. The van der Waals surface area contributed by atoms with Gasteiger partial charge in [0.15, 0.2) is 0 Å². The van der Waals surface area contributed by atoms with Gasteiger partial charge in [0.05, 0.1) is 5.56 Å². The number of hydrogen-bond acceptors (Lipinski definition) is 3. The van der Waals surface area contributed by atoms with Crippen LogP contribution in [0.3, 0.4) is 0 Å². The first kappa shape index (κ1) is 18.5. The molecule has 0 radical (unpaired) electrons. The molecule has 0 fully saturated rings. The van der Waals surface area contributed by atoms with Gasteiger partial charge >= 0.3 is 6.18 Å². The minimum Gasteiger partial charge on any atom is -0.471 e. The molecule has 1 N–H and O–H groups in total. The van der Waals surface area contributed by atoms with Crippen molar-refractivity contribution in [2.45, 2.75) is 12.8 Å². The van der Waals surface area contributed by atoms with Crippen LogP contribution in [0.4, 0.5) is 18.9 Å². The number of hydrogen-bond donors (Lipinski definition) is 1. The highest BCUT2D eigenvalue weighted by atomic mass is 19.4. The molecular weight excluding hydrogens is 359 g/mol. The van der Waals surface area contributed by atoms with Crippen molar-refractivity contribution in [3.05, 3.63) is 77.5 Å². The van der Waals surface area contributed by atoms with Crippen molar-refractivity contribution in [1.29, 1.82) is 0 Å². The minimum absolute atomic E-state index is 0.0448. The quantitative estimate of drug-likeness (QED) is 0.725. The number of nitrogens with one attached hydrogen (secondary N) is 1. The molecule has 8 heteroatoms. The molecule has 2 aromatic carbocycles. The molecule has 0 saturated carbocycles. The highest BCUT2D eigenvalue weighted by Gasteiger charge is 2.30. The third kappa shape index (κ3) is 4.66. The lowest BCUT2D eigenvalue weighted by Crippen LogP contribution is -2.13. The van der Waals surface area contributed by atoms with Crippen LogP contribution in [0.25, 0.3) is 0 Å².